The summed E-state index contributed by atoms with van der Waals surface area (Å²) in [6, 6.07) is 0. The van der Waals surface area contributed by atoms with E-state index in [-0.39, 0.29) is 159 Å². The van der Waals surface area contributed by atoms with E-state index < -0.39 is 24.1 Å². The average Bonchev–Trinajstić information content (AvgIpc) is 1.68. The van der Waals surface area contributed by atoms with Gasteiger partial charge in [-0.25, -0.2) is 0 Å². The number of hydrogen-bond donors (Lipinski definition) is 11. The minimum Gasteiger partial charge on any atom is -0.481 e. The quantitative estimate of drug-likeness (QED) is 0.0334. The Kier molecular flexibility index (Phi) is 32.8. The van der Waals surface area contributed by atoms with Crippen molar-refractivity contribution in [3.63, 3.8) is 0 Å². The summed E-state index contributed by atoms with van der Waals surface area (Å²) in [4.78, 5) is 45.9. The number of hydrogen-bond acceptors (Lipinski definition) is 17. The number of esters is 2. The van der Waals surface area contributed by atoms with Gasteiger partial charge in [-0.1, -0.05) is 157 Å². The van der Waals surface area contributed by atoms with E-state index >= 15 is 0 Å². The van der Waals surface area contributed by atoms with Crippen LogP contribution in [0.5, 0.6) is 0 Å². The molecular formula is C110H188O19. The topological polar surface area (TPSA) is 328 Å². The summed E-state index contributed by atoms with van der Waals surface area (Å²) in [7, 11) is 4.73. The molecule has 0 aromatic heterocycles. The highest BCUT2D eigenvalue weighted by atomic mass is 16.7. The summed E-state index contributed by atoms with van der Waals surface area (Å²) in [5.41, 5.74) is 0.252. The summed E-state index contributed by atoms with van der Waals surface area (Å²) in [6.07, 6.45) is 30.0. The molecule has 16 aliphatic rings. The van der Waals surface area contributed by atoms with Gasteiger partial charge in [-0.05, 0) is 394 Å². The highest BCUT2D eigenvalue weighted by Gasteiger charge is 2.73. The second-order valence-corrected chi connectivity index (χ2v) is 50.2. The predicted octanol–water partition coefficient (Wildman–Crippen LogP) is 19.7. The van der Waals surface area contributed by atoms with E-state index in [1.807, 2.05) is 0 Å². The van der Waals surface area contributed by atoms with Gasteiger partial charge in [0.2, 0.25) is 0 Å². The van der Waals surface area contributed by atoms with Crippen molar-refractivity contribution in [2.45, 2.75) is 417 Å². The van der Waals surface area contributed by atoms with Gasteiger partial charge in [0.05, 0.1) is 75.3 Å². The maximum absolute atomic E-state index is 11.9. The van der Waals surface area contributed by atoms with E-state index in [0.717, 1.165) is 165 Å². The van der Waals surface area contributed by atoms with E-state index in [9.17, 15) is 65.1 Å². The molecule has 0 radical (unpaired) electrons. The minimum absolute atomic E-state index is 0.0649. The number of aliphatic hydroxyl groups excluding tert-OH is 9. The summed E-state index contributed by atoms with van der Waals surface area (Å²) in [5, 5.41) is 120. The van der Waals surface area contributed by atoms with Crippen LogP contribution in [0.1, 0.15) is 356 Å². The van der Waals surface area contributed by atoms with Crippen LogP contribution in [-0.4, -0.2) is 169 Å². The number of aliphatic carboxylic acids is 2. The molecule has 0 heterocycles. The number of ether oxygens (including phenoxy) is 4. The van der Waals surface area contributed by atoms with Gasteiger partial charge in [0, 0.05) is 32.8 Å². The lowest BCUT2D eigenvalue weighted by Gasteiger charge is -2.67. The van der Waals surface area contributed by atoms with Crippen LogP contribution in [0.3, 0.4) is 0 Å². The predicted molar refractivity (Wildman–Crippen MR) is 503 cm³/mol. The van der Waals surface area contributed by atoms with Gasteiger partial charge in [-0.3, -0.25) is 19.2 Å². The van der Waals surface area contributed by atoms with Crippen LogP contribution in [0.25, 0.3) is 0 Å². The first kappa shape index (κ1) is 104. The standard InChI is InChI=1S/C31H54O4.C27H46O5.2C26H44O5/c1-9-22-25-16-19(2)14-15-30(25,5)26-17-21(4)31(6)23(20(3)10-13-27(32)34-8)11-12-24(31)28(26)29(22)35-18-33-7;1-6-17-20-13-16(28)11-12-26(20,3)21-14-22(29)27(4)18(15(2)7-10-23(30)32-5)8-9-19(27)24(21)25(17)31;2*1-5-16-19-12-15(27)10-11-25(19,3)20-13-21(28)26(4)17(14(2)6-9-22(29)30)7-8-18(26)23(20)24(16)31/h19-26,28-29H,9-18H2,1-8H3;15-22,24-25,28-29,31H,6-14H2,1-5H3;2*14-21,23-24,27-28,31H,5-13H2,1-4H3,(H,29,30)/t19-,20-,21+,22-,23-,24?,25+,26?,28?,29-,30+,31-;15-,16-,17-,18-,19?,20+,21?,22+,24?,25-,26+,27-;2*14-,15-,16-,17-,18?,19+,20?,21+,23?,24-,25+,26-/m1111/s1. The highest BCUT2D eigenvalue weighted by Crippen LogP contribution is 2.76. The number of methoxy groups -OCH3 is 3. The largest absolute Gasteiger partial charge is 0.481 e. The van der Waals surface area contributed by atoms with Gasteiger partial charge in [0.15, 0.2) is 0 Å². The molecule has 0 saturated heterocycles. The van der Waals surface area contributed by atoms with Crippen molar-refractivity contribution in [2.75, 3.05) is 28.1 Å². The molecule has 742 valence electrons. The molecule has 11 N–H and O–H groups in total. The average molecular weight is 1810 g/mol. The monoisotopic (exact) mass is 1810 g/mol. The Morgan fingerprint density at radius 1 is 0.333 bits per heavy atom. The molecule has 16 aliphatic carbocycles. The lowest BCUT2D eigenvalue weighted by Crippen LogP contribution is -2.65. The molecule has 12 unspecified atom stereocenters. The first-order chi connectivity index (χ1) is 60.8. The molecule has 0 amide bonds. The van der Waals surface area contributed by atoms with Crippen molar-refractivity contribution >= 4 is 23.9 Å². The third-order valence-electron chi connectivity index (χ3n) is 45.8. The Morgan fingerprint density at radius 2 is 0.620 bits per heavy atom. The van der Waals surface area contributed by atoms with E-state index in [0.29, 0.717) is 150 Å². The number of carbonyl (C=O) groups is 4. The van der Waals surface area contributed by atoms with Crippen LogP contribution < -0.4 is 0 Å². The molecule has 0 aliphatic heterocycles. The van der Waals surface area contributed by atoms with Gasteiger partial charge in [-0.15, -0.1) is 0 Å². The number of carboxylic acid groups (broad SMARTS) is 2. The van der Waals surface area contributed by atoms with Gasteiger partial charge in [0.1, 0.15) is 6.79 Å². The maximum atomic E-state index is 11.9. The normalized spacial score (nSPS) is 51.1. The fraction of sp³-hybridized carbons (Fsp3) is 0.964. The zero-order chi connectivity index (χ0) is 94.4. The molecule has 19 nitrogen and oxygen atoms in total. The smallest absolute Gasteiger partial charge is 0.305 e. The number of aliphatic hydroxyl groups is 9. The maximum Gasteiger partial charge on any atom is 0.305 e. The second kappa shape index (κ2) is 40.7. The van der Waals surface area contributed by atoms with Gasteiger partial charge >= 0.3 is 23.9 Å². The second-order valence-electron chi connectivity index (χ2n) is 50.2. The molecule has 0 spiro atoms. The lowest BCUT2D eigenvalue weighted by atomic mass is 9.39. The van der Waals surface area contributed by atoms with Crippen molar-refractivity contribution in [1.82, 2.24) is 0 Å². The SMILES string of the molecule is CC[C@H]1[C@@H](O)C2C3CC[C@H]([C@H](C)CCC(=O)O)[C@@]3(C)[C@@H](O)CC2[C@@]2(C)CC[C@@H](O)C[C@@H]12.CC[C@H]1[C@@H](O)C2C3CC[C@H]([C@H](C)CCC(=O)O)[C@@]3(C)[C@@H](O)CC2[C@@]2(C)CC[C@@H](O)C[C@@H]12.CC[C@H]1[C@@H](O)C2C3CC[C@H]([C@H](C)CCC(=O)OC)[C@@]3(C)[C@@H](O)CC2[C@@]2(C)CC[C@@H](O)C[C@@H]12.CC[C@H]1[C@@H](OCOC)C2C3CC[C@H]([C@H](C)CCC(=O)OC)[C@@]3(C)[C@@H](C)CC2[C@@]2(C)CC[C@@H](C)C[C@@H]12. The van der Waals surface area contributed by atoms with E-state index in [1.165, 1.54) is 59.2 Å². The Labute approximate surface area is 779 Å². The molecular weight excluding hydrogens is 1630 g/mol. The Hall–Kier alpha value is -2.56. The molecule has 0 bridgehead atoms. The van der Waals surface area contributed by atoms with Gasteiger partial charge in [0.25, 0.3) is 0 Å². The number of carboxylic acids is 2. The number of rotatable bonds is 23. The van der Waals surface area contributed by atoms with Crippen molar-refractivity contribution in [3.8, 4) is 0 Å². The van der Waals surface area contributed by atoms with Crippen molar-refractivity contribution < 1.29 is 94.3 Å². The fourth-order valence-electron chi connectivity index (χ4n) is 38.9. The Morgan fingerprint density at radius 3 is 0.922 bits per heavy atom. The van der Waals surface area contributed by atoms with Crippen LogP contribution in [0.4, 0.5) is 0 Å². The Bertz CT molecular complexity index is 3610. The molecule has 16 saturated carbocycles. The fourth-order valence-corrected chi connectivity index (χ4v) is 38.9. The zero-order valence-corrected chi connectivity index (χ0v) is 84.4. The van der Waals surface area contributed by atoms with Crippen molar-refractivity contribution in [2.24, 2.45) is 221 Å². The summed E-state index contributed by atoms with van der Waals surface area (Å²) < 4.78 is 22.1. The zero-order valence-electron chi connectivity index (χ0n) is 84.4. The molecule has 16 fully saturated rings. The van der Waals surface area contributed by atoms with E-state index in [2.05, 4.69) is 125 Å². The summed E-state index contributed by atoms with van der Waals surface area (Å²) >= 11 is 0. The number of fused-ring (bicyclic) bond motifs is 20. The summed E-state index contributed by atoms with van der Waals surface area (Å²) in [5.74, 6) is 10.4. The first-order valence-corrected chi connectivity index (χ1v) is 53.6. The number of carbonyl (C=O) groups excluding carboxylic acids is 2. The molecule has 19 heteroatoms. The van der Waals surface area contributed by atoms with Crippen molar-refractivity contribution in [1.29, 1.82) is 0 Å². The van der Waals surface area contributed by atoms with Crippen LogP contribution >= 0.6 is 0 Å². The lowest BCUT2D eigenvalue weighted by molar-refractivity contribution is -0.240. The third-order valence-corrected chi connectivity index (χ3v) is 45.8. The first-order valence-electron chi connectivity index (χ1n) is 53.6. The van der Waals surface area contributed by atoms with E-state index in [4.69, 9.17) is 29.2 Å². The van der Waals surface area contributed by atoms with Crippen LogP contribution in [0, 0.1) is 221 Å². The minimum atomic E-state index is -0.747. The van der Waals surface area contributed by atoms with Gasteiger partial charge < -0.3 is 75.1 Å². The highest BCUT2D eigenvalue weighted by molar-refractivity contribution is 5.69. The van der Waals surface area contributed by atoms with Crippen LogP contribution in [-0.2, 0) is 38.1 Å². The van der Waals surface area contributed by atoms with Crippen molar-refractivity contribution in [3.05, 3.63) is 0 Å². The van der Waals surface area contributed by atoms with Crippen LogP contribution in [0.2, 0.25) is 0 Å². The molecule has 0 aromatic rings. The summed E-state index contributed by atoms with van der Waals surface area (Å²) in [6.45, 7) is 42.6. The van der Waals surface area contributed by atoms with Gasteiger partial charge in [-0.2, -0.15) is 0 Å². The van der Waals surface area contributed by atoms with E-state index in [1.54, 1.807) is 7.11 Å². The third kappa shape index (κ3) is 18.0. The molecule has 129 heavy (non-hydrogen) atoms. The molecule has 16 rings (SSSR count). The molecule has 48 atom stereocenters. The van der Waals surface area contributed by atoms with Crippen LogP contribution in [0.15, 0.2) is 0 Å². The molecule has 0 aromatic carbocycles. The Balaban J connectivity index is 0.000000147.